The maximum Gasteiger partial charge on any atom is 0.521 e. The number of aryl methyl sites for hydroxylation is 1. The van der Waals surface area contributed by atoms with Crippen molar-refractivity contribution in [2.75, 3.05) is 13.2 Å². The average Bonchev–Trinajstić information content (AvgIpc) is 3.43. The van der Waals surface area contributed by atoms with E-state index in [0.29, 0.717) is 37.9 Å². The van der Waals surface area contributed by atoms with Gasteiger partial charge >= 0.3 is 24.0 Å². The monoisotopic (exact) mass is 622 g/mol. The summed E-state index contributed by atoms with van der Waals surface area (Å²) >= 11 is 0. The highest BCUT2D eigenvalue weighted by atomic mass is 16.5. The van der Waals surface area contributed by atoms with Crippen LogP contribution >= 0.6 is 0 Å². The first-order valence-corrected chi connectivity index (χ1v) is 15.7. The van der Waals surface area contributed by atoms with E-state index in [9.17, 15) is 29.1 Å². The molecule has 0 saturated carbocycles. The predicted molar refractivity (Wildman–Crippen MR) is 165 cm³/mol. The Morgan fingerprint density at radius 1 is 1.04 bits per heavy atom. The number of hydrogen-bond acceptors (Lipinski definition) is 7. The summed E-state index contributed by atoms with van der Waals surface area (Å²) < 4.78 is 10.7. The van der Waals surface area contributed by atoms with E-state index < -0.39 is 52.8 Å². The number of rotatable bonds is 11. The number of likely N-dealkylation sites (tertiary alicyclic amines) is 2. The van der Waals surface area contributed by atoms with Gasteiger partial charge in [0.1, 0.15) is 17.2 Å². The number of quaternary nitrogens is 1. The zero-order valence-electron chi connectivity index (χ0n) is 26.7. The van der Waals surface area contributed by atoms with Crippen LogP contribution in [0.15, 0.2) is 48.5 Å². The fraction of sp³-hybridized carbons (Fsp3) is 0.500. The molecule has 0 aromatic heterocycles. The second-order valence-corrected chi connectivity index (χ2v) is 12.1. The summed E-state index contributed by atoms with van der Waals surface area (Å²) in [4.78, 5) is 65.5. The van der Waals surface area contributed by atoms with E-state index in [1.54, 1.807) is 6.92 Å². The number of amides is 5. The van der Waals surface area contributed by atoms with E-state index in [2.05, 4.69) is 5.32 Å². The van der Waals surface area contributed by atoms with Crippen LogP contribution in [0, 0.1) is 12.3 Å². The number of imide groups is 2. The molecule has 11 nitrogen and oxygen atoms in total. The van der Waals surface area contributed by atoms with Gasteiger partial charge in [0.25, 0.3) is 0 Å². The predicted octanol–water partition coefficient (Wildman–Crippen LogP) is 5.96. The summed E-state index contributed by atoms with van der Waals surface area (Å²) in [6.45, 7) is 9.03. The van der Waals surface area contributed by atoms with Crippen LogP contribution in [0.25, 0.3) is 0 Å². The second kappa shape index (κ2) is 13.8. The number of esters is 1. The van der Waals surface area contributed by atoms with Crippen LogP contribution < -0.4 is 10.1 Å². The fourth-order valence-electron chi connectivity index (χ4n) is 6.49. The van der Waals surface area contributed by atoms with Crippen LogP contribution in [0.3, 0.4) is 0 Å². The van der Waals surface area contributed by atoms with Gasteiger partial charge in [-0.25, -0.2) is 19.3 Å². The van der Waals surface area contributed by atoms with Gasteiger partial charge in [0, 0.05) is 12.8 Å². The molecule has 0 radical (unpaired) electrons. The summed E-state index contributed by atoms with van der Waals surface area (Å²) in [5, 5.41) is 12.8. The Morgan fingerprint density at radius 2 is 1.69 bits per heavy atom. The van der Waals surface area contributed by atoms with Crippen LogP contribution in [0.5, 0.6) is 5.75 Å². The van der Waals surface area contributed by atoms with Crippen LogP contribution in [0.2, 0.25) is 0 Å². The van der Waals surface area contributed by atoms with Gasteiger partial charge in [0.05, 0.1) is 18.2 Å². The summed E-state index contributed by atoms with van der Waals surface area (Å²) in [5.41, 5.74) is 1.33. The van der Waals surface area contributed by atoms with Gasteiger partial charge in [0.15, 0.2) is 6.23 Å². The van der Waals surface area contributed by atoms with E-state index in [1.165, 1.54) is 24.3 Å². The molecule has 2 fully saturated rings. The van der Waals surface area contributed by atoms with Gasteiger partial charge in [0.2, 0.25) is 12.5 Å². The number of carbonyl (C=O) groups excluding carboxylic acids is 4. The molecule has 2 aliphatic rings. The molecular formula is C34H44N3O8+. The first-order chi connectivity index (χ1) is 21.4. The molecule has 2 saturated heterocycles. The average molecular weight is 623 g/mol. The molecule has 45 heavy (non-hydrogen) atoms. The van der Waals surface area contributed by atoms with Crippen LogP contribution in [-0.4, -0.2) is 69.8 Å². The summed E-state index contributed by atoms with van der Waals surface area (Å²) in [7, 11) is 0. The Morgan fingerprint density at radius 3 is 2.22 bits per heavy atom. The van der Waals surface area contributed by atoms with Crippen molar-refractivity contribution in [3.8, 4) is 5.75 Å². The number of carboxylic acid groups (broad SMARTS) is 1. The molecule has 0 spiro atoms. The number of nitrogens with one attached hydrogen (secondary N) is 1. The smallest absolute Gasteiger partial charge is 0.469 e. The van der Waals surface area contributed by atoms with Gasteiger partial charge in [-0.3, -0.25) is 4.79 Å². The second-order valence-electron chi connectivity index (χ2n) is 12.1. The van der Waals surface area contributed by atoms with Gasteiger partial charge < -0.3 is 19.9 Å². The summed E-state index contributed by atoms with van der Waals surface area (Å²) in [5.74, 6) is -1.41. The van der Waals surface area contributed by atoms with E-state index >= 15 is 0 Å². The number of benzene rings is 2. The van der Waals surface area contributed by atoms with Crippen molar-refractivity contribution >= 4 is 29.9 Å². The van der Waals surface area contributed by atoms with E-state index in [-0.39, 0.29) is 24.1 Å². The molecule has 11 heteroatoms. The fourth-order valence-corrected chi connectivity index (χ4v) is 6.49. The Bertz CT molecular complexity index is 1420. The zero-order chi connectivity index (χ0) is 32.9. The molecule has 2 N–H and O–H groups in total. The molecule has 242 valence electrons. The topological polar surface area (TPSA) is 139 Å². The Labute approximate surface area is 264 Å². The molecule has 2 aliphatic heterocycles. The number of nitrogens with zero attached hydrogens (tertiary/aromatic N) is 2. The number of β-lactam (4-membered cyclic amide) rings is 1. The minimum atomic E-state index is -1.24. The molecule has 0 bridgehead atoms. The first kappa shape index (κ1) is 33.6. The molecule has 2 aromatic rings. The third kappa shape index (κ3) is 6.31. The van der Waals surface area contributed by atoms with E-state index in [1.807, 2.05) is 52.0 Å². The Kier molecular flexibility index (Phi) is 10.3. The number of ether oxygens (including phenoxy) is 2. The standard InChI is InChI=1S/C34H43N3O8/c1-6-10-27(24-14-12-22(4)13-15-24)35-32(41)36-30(40)34(7-2,8-3)31(36)45-26-18-16-25(17-19-26)29(39)44-21-28(38)37(33(42)43)20-9-11-23(37)5/h12-19,23,27,31H,6-11,20-21H2,1-5H3,(H-,35,41,42,43)/p+1/t23?,27?,31-,37-/m0/s1. The van der Waals surface area contributed by atoms with Crippen molar-refractivity contribution in [1.29, 1.82) is 0 Å². The minimum absolute atomic E-state index is 0.142. The zero-order valence-corrected chi connectivity index (χ0v) is 26.7. The number of urea groups is 1. The highest BCUT2D eigenvalue weighted by Crippen LogP contribution is 2.46. The lowest BCUT2D eigenvalue weighted by Gasteiger charge is -2.53. The van der Waals surface area contributed by atoms with E-state index in [4.69, 9.17) is 9.47 Å². The number of hydrogen-bond donors (Lipinski definition) is 2. The summed E-state index contributed by atoms with van der Waals surface area (Å²) in [6, 6.07) is 12.7. The highest BCUT2D eigenvalue weighted by Gasteiger charge is 2.63. The highest BCUT2D eigenvalue weighted by molar-refractivity contribution is 6.03. The van der Waals surface area contributed by atoms with Crippen molar-refractivity contribution in [3.05, 3.63) is 65.2 Å². The maximum atomic E-state index is 13.5. The SMILES string of the molecule is CCCC(NC(=O)N1C(=O)C(CC)(CC)[C@@H]1Oc1ccc(C(=O)OCC(=O)[N@+]2(C(=O)O)CCCC2C)cc1)c1ccc(C)cc1. The maximum absolute atomic E-state index is 13.5. The van der Waals surface area contributed by atoms with Crippen molar-refractivity contribution in [3.63, 3.8) is 0 Å². The van der Waals surface area contributed by atoms with Crippen molar-refractivity contribution in [2.24, 2.45) is 5.41 Å². The molecule has 4 rings (SSSR count). The minimum Gasteiger partial charge on any atom is -0.469 e. The lowest BCUT2D eigenvalue weighted by Crippen LogP contribution is -2.73. The first-order valence-electron chi connectivity index (χ1n) is 15.7. The third-order valence-corrected chi connectivity index (χ3v) is 9.52. The summed E-state index contributed by atoms with van der Waals surface area (Å²) in [6.07, 6.45) is 1.59. The van der Waals surface area contributed by atoms with Gasteiger partial charge in [-0.2, -0.15) is 9.28 Å². The molecule has 2 heterocycles. The third-order valence-electron chi connectivity index (χ3n) is 9.52. The molecular weight excluding hydrogens is 578 g/mol. The number of carbonyl (C=O) groups is 5. The van der Waals surface area contributed by atoms with Gasteiger partial charge in [-0.15, -0.1) is 0 Å². The molecule has 2 aromatic carbocycles. The lowest BCUT2D eigenvalue weighted by atomic mass is 9.72. The lowest BCUT2D eigenvalue weighted by molar-refractivity contribution is -0.792. The van der Waals surface area contributed by atoms with E-state index in [0.717, 1.165) is 22.4 Å². The normalized spacial score (nSPS) is 22.7. The van der Waals surface area contributed by atoms with Crippen LogP contribution in [0.4, 0.5) is 9.59 Å². The molecule has 5 amide bonds. The Balaban J connectivity index is 1.45. The molecule has 0 aliphatic carbocycles. The van der Waals surface area contributed by atoms with Crippen LogP contribution in [0.1, 0.15) is 93.7 Å². The van der Waals surface area contributed by atoms with Gasteiger partial charge in [-0.05, 0) is 62.9 Å². The van der Waals surface area contributed by atoms with Gasteiger partial charge in [-0.1, -0.05) is 57.0 Å². The van der Waals surface area contributed by atoms with Crippen molar-refractivity contribution in [1.82, 2.24) is 10.2 Å². The molecule has 4 atom stereocenters. The molecule has 2 unspecified atom stereocenters. The largest absolute Gasteiger partial charge is 0.521 e. The van der Waals surface area contributed by atoms with Crippen LogP contribution in [-0.2, 0) is 14.3 Å². The van der Waals surface area contributed by atoms with Crippen molar-refractivity contribution in [2.45, 2.75) is 91.5 Å². The Hall–Kier alpha value is -4.25. The van der Waals surface area contributed by atoms with Crippen molar-refractivity contribution < 1.29 is 43.0 Å². The quantitative estimate of drug-likeness (QED) is 0.178.